The van der Waals surface area contributed by atoms with Crippen LogP contribution in [0.1, 0.15) is 19.3 Å². The van der Waals surface area contributed by atoms with Gasteiger partial charge in [0.2, 0.25) is 0 Å². The summed E-state index contributed by atoms with van der Waals surface area (Å²) in [6.45, 7) is 2.53. The van der Waals surface area contributed by atoms with E-state index in [4.69, 9.17) is 0 Å². The Morgan fingerprint density at radius 1 is 1.17 bits per heavy atom. The topological polar surface area (TPSA) is 15.3 Å². The highest BCUT2D eigenvalue weighted by Crippen LogP contribution is 2.34. The first-order valence-electron chi connectivity index (χ1n) is 5.16. The number of nitrogens with one attached hydrogen (secondary N) is 1. The lowest BCUT2D eigenvalue weighted by molar-refractivity contribution is 0.134. The third kappa shape index (κ3) is 1.38. The Morgan fingerprint density at radius 2 is 2.00 bits per heavy atom. The molecule has 1 N–H and O–H groups in total. The third-order valence-electron chi connectivity index (χ3n) is 3.62. The van der Waals surface area contributed by atoms with Gasteiger partial charge >= 0.3 is 0 Å². The number of hydrogen-bond acceptors (Lipinski definition) is 2. The lowest BCUT2D eigenvalue weighted by Gasteiger charge is -2.37. The van der Waals surface area contributed by atoms with Crippen molar-refractivity contribution in [2.24, 2.45) is 11.8 Å². The molecule has 1 saturated carbocycles. The van der Waals surface area contributed by atoms with Crippen LogP contribution in [0, 0.1) is 11.8 Å². The first-order chi connectivity index (χ1) is 5.79. The smallest absolute Gasteiger partial charge is 0.0133 e. The van der Waals surface area contributed by atoms with Crippen LogP contribution in [0.3, 0.4) is 0 Å². The van der Waals surface area contributed by atoms with Gasteiger partial charge in [0.25, 0.3) is 0 Å². The van der Waals surface area contributed by atoms with Crippen molar-refractivity contribution < 1.29 is 0 Å². The van der Waals surface area contributed by atoms with Gasteiger partial charge in [0.1, 0.15) is 0 Å². The zero-order chi connectivity index (χ0) is 8.55. The first kappa shape index (κ1) is 8.52. The number of fused-ring (bicyclic) bond motifs is 1. The number of hydrogen-bond donors (Lipinski definition) is 1. The molecule has 1 heterocycles. The zero-order valence-corrected chi connectivity index (χ0v) is 8.21. The first-order valence-corrected chi connectivity index (χ1v) is 5.16. The van der Waals surface area contributed by atoms with E-state index >= 15 is 0 Å². The van der Waals surface area contributed by atoms with Gasteiger partial charge < -0.3 is 10.2 Å². The van der Waals surface area contributed by atoms with E-state index in [1.807, 2.05) is 0 Å². The normalized spacial score (nSPS) is 41.8. The van der Waals surface area contributed by atoms with Gasteiger partial charge in [-0.05, 0) is 51.9 Å². The van der Waals surface area contributed by atoms with E-state index in [1.165, 1.54) is 32.4 Å². The van der Waals surface area contributed by atoms with Crippen LogP contribution in [-0.4, -0.2) is 38.1 Å². The molecule has 0 aromatic rings. The highest BCUT2D eigenvalue weighted by Gasteiger charge is 2.37. The maximum atomic E-state index is 3.52. The van der Waals surface area contributed by atoms with Crippen LogP contribution < -0.4 is 5.32 Å². The van der Waals surface area contributed by atoms with Crippen LogP contribution in [0.4, 0.5) is 0 Å². The minimum atomic E-state index is 0.846. The van der Waals surface area contributed by atoms with Crippen molar-refractivity contribution in [2.45, 2.75) is 25.3 Å². The van der Waals surface area contributed by atoms with Gasteiger partial charge in [0.15, 0.2) is 0 Å². The van der Waals surface area contributed by atoms with Crippen molar-refractivity contribution in [3.63, 3.8) is 0 Å². The van der Waals surface area contributed by atoms with Crippen molar-refractivity contribution in [1.82, 2.24) is 10.2 Å². The second-order valence-electron chi connectivity index (χ2n) is 4.54. The Bertz CT molecular complexity index is 156. The molecular weight excluding hydrogens is 148 g/mol. The van der Waals surface area contributed by atoms with E-state index < -0.39 is 0 Å². The Kier molecular flexibility index (Phi) is 2.37. The van der Waals surface area contributed by atoms with E-state index in [0.29, 0.717) is 0 Å². The number of nitrogens with zero attached hydrogens (tertiary/aromatic N) is 1. The molecule has 12 heavy (non-hydrogen) atoms. The highest BCUT2D eigenvalue weighted by atomic mass is 15.1. The van der Waals surface area contributed by atoms with Crippen molar-refractivity contribution in [1.29, 1.82) is 0 Å². The second-order valence-corrected chi connectivity index (χ2v) is 4.54. The van der Waals surface area contributed by atoms with E-state index in [2.05, 4.69) is 24.3 Å². The molecule has 2 heteroatoms. The van der Waals surface area contributed by atoms with Crippen LogP contribution in [0.2, 0.25) is 0 Å². The van der Waals surface area contributed by atoms with Crippen molar-refractivity contribution in [2.75, 3.05) is 27.2 Å². The summed E-state index contributed by atoms with van der Waals surface area (Å²) in [5, 5.41) is 3.52. The van der Waals surface area contributed by atoms with Crippen molar-refractivity contribution in [3.8, 4) is 0 Å². The molecule has 0 unspecified atom stereocenters. The quantitative estimate of drug-likeness (QED) is 0.627. The van der Waals surface area contributed by atoms with Gasteiger partial charge in [-0.1, -0.05) is 6.42 Å². The summed E-state index contributed by atoms with van der Waals surface area (Å²) < 4.78 is 0. The fourth-order valence-electron chi connectivity index (χ4n) is 2.96. The minimum absolute atomic E-state index is 0.846. The third-order valence-corrected chi connectivity index (χ3v) is 3.62. The summed E-state index contributed by atoms with van der Waals surface area (Å²) in [5.41, 5.74) is 0. The Hall–Kier alpha value is -0.0800. The molecule has 0 amide bonds. The van der Waals surface area contributed by atoms with Crippen LogP contribution >= 0.6 is 0 Å². The largest absolute Gasteiger partial charge is 0.316 e. The Morgan fingerprint density at radius 3 is 2.75 bits per heavy atom. The minimum Gasteiger partial charge on any atom is -0.316 e. The lowest BCUT2D eigenvalue weighted by Crippen LogP contribution is -2.41. The number of rotatable bonds is 1. The Balaban J connectivity index is 2.03. The molecule has 3 atom stereocenters. The molecule has 0 aromatic heterocycles. The Labute approximate surface area is 75.3 Å². The monoisotopic (exact) mass is 168 g/mol. The summed E-state index contributed by atoms with van der Waals surface area (Å²) in [7, 11) is 4.46. The predicted octanol–water partition coefficient (Wildman–Crippen LogP) is 0.936. The molecule has 0 bridgehead atoms. The molecule has 1 aliphatic carbocycles. The van der Waals surface area contributed by atoms with Gasteiger partial charge in [0.05, 0.1) is 0 Å². The summed E-state index contributed by atoms with van der Waals surface area (Å²) >= 11 is 0. The van der Waals surface area contributed by atoms with E-state index in [1.54, 1.807) is 0 Å². The summed E-state index contributed by atoms with van der Waals surface area (Å²) in [5.74, 6) is 1.92. The van der Waals surface area contributed by atoms with Crippen LogP contribution in [0.15, 0.2) is 0 Å². The molecule has 0 spiro atoms. The van der Waals surface area contributed by atoms with Crippen LogP contribution in [0.25, 0.3) is 0 Å². The van der Waals surface area contributed by atoms with E-state index in [0.717, 1.165) is 17.9 Å². The molecule has 1 saturated heterocycles. The van der Waals surface area contributed by atoms with Crippen molar-refractivity contribution in [3.05, 3.63) is 0 Å². The molecule has 70 valence electrons. The fraction of sp³-hybridized carbons (Fsp3) is 1.00. The molecule has 2 fully saturated rings. The van der Waals surface area contributed by atoms with Gasteiger partial charge in [-0.15, -0.1) is 0 Å². The second kappa shape index (κ2) is 3.35. The maximum Gasteiger partial charge on any atom is 0.0133 e. The molecule has 2 rings (SSSR count). The maximum absolute atomic E-state index is 3.52. The zero-order valence-electron chi connectivity index (χ0n) is 8.21. The molecule has 0 aromatic carbocycles. The lowest BCUT2D eigenvalue weighted by atomic mass is 9.77. The summed E-state index contributed by atoms with van der Waals surface area (Å²) in [4.78, 5) is 2.42. The van der Waals surface area contributed by atoms with Crippen LogP contribution in [-0.2, 0) is 0 Å². The van der Waals surface area contributed by atoms with Gasteiger partial charge in [-0.3, -0.25) is 0 Å². The molecular formula is C10H20N2. The highest BCUT2D eigenvalue weighted by molar-refractivity contribution is 4.92. The van der Waals surface area contributed by atoms with E-state index in [-0.39, 0.29) is 0 Å². The van der Waals surface area contributed by atoms with Gasteiger partial charge in [0, 0.05) is 6.04 Å². The van der Waals surface area contributed by atoms with Crippen molar-refractivity contribution >= 4 is 0 Å². The van der Waals surface area contributed by atoms with E-state index in [9.17, 15) is 0 Å². The predicted molar refractivity (Wildman–Crippen MR) is 51.2 cm³/mol. The SMILES string of the molecule is CN(C)[C@@H]1CCC[C@H]2CNC[C@@H]21. The standard InChI is InChI=1S/C10H20N2/c1-12(2)10-5-3-4-8-6-11-7-9(8)10/h8-11H,3-7H2,1-2H3/t8-,9-,10+/m0/s1. The molecule has 2 aliphatic rings. The van der Waals surface area contributed by atoms with Gasteiger partial charge in [-0.25, -0.2) is 0 Å². The van der Waals surface area contributed by atoms with Gasteiger partial charge in [-0.2, -0.15) is 0 Å². The average Bonchev–Trinajstić information content (AvgIpc) is 2.49. The molecule has 1 aliphatic heterocycles. The average molecular weight is 168 g/mol. The molecule has 0 radical (unpaired) electrons. The fourth-order valence-corrected chi connectivity index (χ4v) is 2.96. The van der Waals surface area contributed by atoms with Crippen LogP contribution in [0.5, 0.6) is 0 Å². The summed E-state index contributed by atoms with van der Waals surface area (Å²) in [6, 6.07) is 0.846. The molecule has 2 nitrogen and oxygen atoms in total. The summed E-state index contributed by atoms with van der Waals surface area (Å²) in [6.07, 6.45) is 4.31.